The van der Waals surface area contributed by atoms with Gasteiger partial charge in [-0.05, 0) is 73.5 Å². The first-order valence-electron chi connectivity index (χ1n) is 10.9. The van der Waals surface area contributed by atoms with Gasteiger partial charge in [0.15, 0.2) is 11.0 Å². The molecule has 1 amide bonds. The molecule has 0 aliphatic rings. The van der Waals surface area contributed by atoms with Gasteiger partial charge in [-0.3, -0.25) is 9.36 Å². The zero-order chi connectivity index (χ0) is 24.9. The van der Waals surface area contributed by atoms with E-state index >= 15 is 0 Å². The van der Waals surface area contributed by atoms with Gasteiger partial charge in [0.25, 0.3) is 5.91 Å². The average molecular weight is 527 g/mol. The SMILES string of the molecule is COc1cccc(CSc2nnc(C(C)NC(=O)c3ccc(Cl)cc3)n2-c2cc(Cl)ccc2C)c1. The van der Waals surface area contributed by atoms with Gasteiger partial charge >= 0.3 is 0 Å². The van der Waals surface area contributed by atoms with Crippen molar-refractivity contribution in [1.29, 1.82) is 0 Å². The highest BCUT2D eigenvalue weighted by Gasteiger charge is 2.23. The number of hydrogen-bond donors (Lipinski definition) is 1. The third-order valence-electron chi connectivity index (χ3n) is 5.41. The minimum absolute atomic E-state index is 0.225. The normalized spacial score (nSPS) is 11.8. The fraction of sp³-hybridized carbons (Fsp3) is 0.192. The van der Waals surface area contributed by atoms with Crippen molar-refractivity contribution in [1.82, 2.24) is 20.1 Å². The molecule has 1 unspecified atom stereocenters. The zero-order valence-electron chi connectivity index (χ0n) is 19.5. The molecule has 180 valence electrons. The largest absolute Gasteiger partial charge is 0.497 e. The van der Waals surface area contributed by atoms with Crippen molar-refractivity contribution in [2.24, 2.45) is 0 Å². The second-order valence-electron chi connectivity index (χ2n) is 7.95. The molecule has 35 heavy (non-hydrogen) atoms. The van der Waals surface area contributed by atoms with Crippen molar-refractivity contribution in [3.05, 3.63) is 99.3 Å². The highest BCUT2D eigenvalue weighted by molar-refractivity contribution is 7.98. The molecule has 6 nitrogen and oxygen atoms in total. The molecule has 0 radical (unpaired) electrons. The second kappa shape index (κ2) is 11.2. The summed E-state index contributed by atoms with van der Waals surface area (Å²) in [7, 11) is 1.65. The Kier molecular flexibility index (Phi) is 8.00. The Morgan fingerprint density at radius 1 is 1.06 bits per heavy atom. The summed E-state index contributed by atoms with van der Waals surface area (Å²) in [4.78, 5) is 12.8. The number of nitrogens with one attached hydrogen (secondary N) is 1. The number of rotatable bonds is 8. The third-order valence-corrected chi connectivity index (χ3v) is 6.90. The second-order valence-corrected chi connectivity index (χ2v) is 9.76. The maximum absolute atomic E-state index is 12.8. The molecule has 0 fully saturated rings. The van der Waals surface area contributed by atoms with E-state index < -0.39 is 6.04 Å². The van der Waals surface area contributed by atoms with Crippen molar-refractivity contribution >= 4 is 40.9 Å². The van der Waals surface area contributed by atoms with E-state index in [2.05, 4.69) is 15.5 Å². The van der Waals surface area contributed by atoms with Crippen LogP contribution in [0.25, 0.3) is 5.69 Å². The van der Waals surface area contributed by atoms with Crippen LogP contribution in [-0.2, 0) is 5.75 Å². The summed E-state index contributed by atoms with van der Waals surface area (Å²) in [6, 6.07) is 19.9. The zero-order valence-corrected chi connectivity index (χ0v) is 21.8. The Bertz CT molecular complexity index is 1340. The number of carbonyl (C=O) groups is 1. The van der Waals surface area contributed by atoms with E-state index in [0.29, 0.717) is 32.3 Å². The quantitative estimate of drug-likeness (QED) is 0.259. The smallest absolute Gasteiger partial charge is 0.251 e. The van der Waals surface area contributed by atoms with Crippen molar-refractivity contribution < 1.29 is 9.53 Å². The molecular weight excluding hydrogens is 503 g/mol. The topological polar surface area (TPSA) is 69.0 Å². The molecule has 4 aromatic rings. The van der Waals surface area contributed by atoms with Crippen molar-refractivity contribution in [3.8, 4) is 11.4 Å². The van der Waals surface area contributed by atoms with Gasteiger partial charge in [-0.25, -0.2) is 0 Å². The van der Waals surface area contributed by atoms with Gasteiger partial charge in [0.05, 0.1) is 18.8 Å². The summed E-state index contributed by atoms with van der Waals surface area (Å²) in [5.41, 5.74) is 3.48. The molecule has 1 N–H and O–H groups in total. The number of amides is 1. The predicted molar refractivity (Wildman–Crippen MR) is 141 cm³/mol. The number of aryl methyl sites for hydroxylation is 1. The summed E-state index contributed by atoms with van der Waals surface area (Å²) in [5, 5.41) is 13.8. The van der Waals surface area contributed by atoms with Crippen LogP contribution in [0.1, 0.15) is 40.3 Å². The lowest BCUT2D eigenvalue weighted by Gasteiger charge is -2.18. The first kappa shape index (κ1) is 25.1. The number of nitrogens with zero attached hydrogens (tertiary/aromatic N) is 3. The van der Waals surface area contributed by atoms with E-state index in [1.807, 2.05) is 60.9 Å². The summed E-state index contributed by atoms with van der Waals surface area (Å²) in [6.07, 6.45) is 0. The van der Waals surface area contributed by atoms with Crippen LogP contribution in [0.15, 0.2) is 71.9 Å². The maximum Gasteiger partial charge on any atom is 0.251 e. The van der Waals surface area contributed by atoms with E-state index in [9.17, 15) is 4.79 Å². The molecule has 1 aromatic heterocycles. The Morgan fingerprint density at radius 3 is 2.54 bits per heavy atom. The molecule has 0 bridgehead atoms. The molecule has 0 saturated heterocycles. The predicted octanol–water partition coefficient (Wildman–Crippen LogP) is 6.67. The van der Waals surface area contributed by atoms with Crippen molar-refractivity contribution in [3.63, 3.8) is 0 Å². The lowest BCUT2D eigenvalue weighted by Crippen LogP contribution is -2.28. The number of hydrogen-bond acceptors (Lipinski definition) is 5. The Morgan fingerprint density at radius 2 is 1.80 bits per heavy atom. The average Bonchev–Trinajstić information content (AvgIpc) is 3.28. The molecule has 4 rings (SSSR count). The molecule has 0 spiro atoms. The molecule has 0 aliphatic heterocycles. The number of ether oxygens (including phenoxy) is 1. The lowest BCUT2D eigenvalue weighted by atomic mass is 10.1. The Hall–Kier alpha value is -3.00. The molecule has 1 heterocycles. The van der Waals surface area contributed by atoms with Crippen LogP contribution in [0.5, 0.6) is 5.75 Å². The van der Waals surface area contributed by atoms with Gasteiger partial charge in [-0.2, -0.15) is 0 Å². The van der Waals surface area contributed by atoms with Crippen LogP contribution < -0.4 is 10.1 Å². The molecule has 0 saturated carbocycles. The summed E-state index contributed by atoms with van der Waals surface area (Å²) >= 11 is 13.8. The van der Waals surface area contributed by atoms with Crippen molar-refractivity contribution in [2.45, 2.75) is 30.8 Å². The van der Waals surface area contributed by atoms with Crippen LogP contribution in [0.3, 0.4) is 0 Å². The highest BCUT2D eigenvalue weighted by Crippen LogP contribution is 2.31. The molecule has 3 aromatic carbocycles. The molecule has 9 heteroatoms. The number of halogens is 2. The van der Waals surface area contributed by atoms with E-state index in [4.69, 9.17) is 27.9 Å². The maximum atomic E-state index is 12.8. The number of thioether (sulfide) groups is 1. The van der Waals surface area contributed by atoms with Gasteiger partial charge in [-0.15, -0.1) is 10.2 Å². The Labute approximate surface area is 218 Å². The van der Waals surface area contributed by atoms with Crippen LogP contribution in [0, 0.1) is 6.92 Å². The first-order chi connectivity index (χ1) is 16.9. The minimum atomic E-state index is -0.421. The van der Waals surface area contributed by atoms with Gasteiger partial charge in [0.2, 0.25) is 0 Å². The third kappa shape index (κ3) is 5.99. The van der Waals surface area contributed by atoms with Crippen LogP contribution in [-0.4, -0.2) is 27.8 Å². The van der Waals surface area contributed by atoms with Gasteiger partial charge in [0, 0.05) is 21.4 Å². The minimum Gasteiger partial charge on any atom is -0.497 e. The van der Waals surface area contributed by atoms with E-state index in [1.165, 1.54) is 0 Å². The molecule has 0 aliphatic carbocycles. The highest BCUT2D eigenvalue weighted by atomic mass is 35.5. The summed E-state index contributed by atoms with van der Waals surface area (Å²) in [5.74, 6) is 1.85. The van der Waals surface area contributed by atoms with Crippen LogP contribution in [0.4, 0.5) is 0 Å². The van der Waals surface area contributed by atoms with E-state index in [0.717, 1.165) is 22.6 Å². The Balaban J connectivity index is 1.66. The van der Waals surface area contributed by atoms with Crippen LogP contribution >= 0.6 is 35.0 Å². The molecular formula is C26H24Cl2N4O2S. The van der Waals surface area contributed by atoms with Gasteiger partial charge in [-0.1, -0.05) is 53.2 Å². The fourth-order valence-corrected chi connectivity index (χ4v) is 4.75. The lowest BCUT2D eigenvalue weighted by molar-refractivity contribution is 0.0938. The van der Waals surface area contributed by atoms with E-state index in [1.54, 1.807) is 43.1 Å². The van der Waals surface area contributed by atoms with E-state index in [-0.39, 0.29) is 5.91 Å². The summed E-state index contributed by atoms with van der Waals surface area (Å²) < 4.78 is 7.30. The fourth-order valence-electron chi connectivity index (χ4n) is 3.56. The van der Waals surface area contributed by atoms with Crippen molar-refractivity contribution in [2.75, 3.05) is 7.11 Å². The summed E-state index contributed by atoms with van der Waals surface area (Å²) in [6.45, 7) is 3.88. The van der Waals surface area contributed by atoms with Gasteiger partial charge in [0.1, 0.15) is 5.75 Å². The number of carbonyl (C=O) groups excluding carboxylic acids is 1. The monoisotopic (exact) mass is 526 g/mol. The number of benzene rings is 3. The standard InChI is InChI=1S/C26H24Cl2N4O2S/c1-16-7-10-21(28)14-23(16)32-24(17(2)29-25(33)19-8-11-20(27)12-9-19)30-31-26(32)35-15-18-5-4-6-22(13-18)34-3/h4-14,17H,15H2,1-3H3,(H,29,33). The first-order valence-corrected chi connectivity index (χ1v) is 12.6. The van der Waals surface area contributed by atoms with Crippen LogP contribution in [0.2, 0.25) is 10.0 Å². The molecule has 1 atom stereocenters. The van der Waals surface area contributed by atoms with Gasteiger partial charge < -0.3 is 10.1 Å². The number of methoxy groups -OCH3 is 1. The number of aromatic nitrogens is 3.